The van der Waals surface area contributed by atoms with Gasteiger partial charge in [-0.25, -0.2) is 4.98 Å². The first-order valence-corrected chi connectivity index (χ1v) is 8.02. The number of halogens is 1. The number of anilines is 2. The standard InChI is InChI=1S/C16H18IN3O/c1-3-12-9-11(10-15(19-12)18-4-2)16(21)20-14-8-6-5-7-13(14)17/h5-10H,3-4H2,1-2H3,(H,18,19)(H,20,21). The van der Waals surface area contributed by atoms with Crippen molar-refractivity contribution < 1.29 is 4.79 Å². The fourth-order valence-corrected chi connectivity index (χ4v) is 2.45. The lowest BCUT2D eigenvalue weighted by molar-refractivity contribution is 0.102. The van der Waals surface area contributed by atoms with Crippen LogP contribution in [0.4, 0.5) is 11.5 Å². The molecule has 0 fully saturated rings. The van der Waals surface area contributed by atoms with Gasteiger partial charge in [-0.05, 0) is 60.2 Å². The van der Waals surface area contributed by atoms with E-state index in [9.17, 15) is 4.79 Å². The number of rotatable bonds is 5. The van der Waals surface area contributed by atoms with Gasteiger partial charge in [0.15, 0.2) is 0 Å². The summed E-state index contributed by atoms with van der Waals surface area (Å²) in [5.74, 6) is 0.625. The highest BCUT2D eigenvalue weighted by Crippen LogP contribution is 2.19. The number of benzene rings is 1. The fourth-order valence-electron chi connectivity index (χ4n) is 1.93. The Morgan fingerprint density at radius 3 is 2.67 bits per heavy atom. The Kier molecular flexibility index (Phi) is 5.55. The van der Waals surface area contributed by atoms with E-state index in [0.29, 0.717) is 5.56 Å². The van der Waals surface area contributed by atoms with E-state index in [0.717, 1.165) is 33.7 Å². The molecule has 0 aliphatic rings. The average molecular weight is 395 g/mol. The Morgan fingerprint density at radius 2 is 2.00 bits per heavy atom. The summed E-state index contributed by atoms with van der Waals surface area (Å²) in [4.78, 5) is 16.9. The third-order valence-corrected chi connectivity index (χ3v) is 3.92. The van der Waals surface area contributed by atoms with E-state index < -0.39 is 0 Å². The van der Waals surface area contributed by atoms with E-state index in [1.165, 1.54) is 0 Å². The van der Waals surface area contributed by atoms with Crippen molar-refractivity contribution in [1.29, 1.82) is 0 Å². The second kappa shape index (κ2) is 7.40. The predicted molar refractivity (Wildman–Crippen MR) is 94.9 cm³/mol. The monoisotopic (exact) mass is 395 g/mol. The van der Waals surface area contributed by atoms with Gasteiger partial charge in [-0.15, -0.1) is 0 Å². The molecule has 0 bridgehead atoms. The number of hydrogen-bond donors (Lipinski definition) is 2. The largest absolute Gasteiger partial charge is 0.370 e. The minimum atomic E-state index is -0.115. The molecule has 1 aromatic heterocycles. The van der Waals surface area contributed by atoms with Crippen molar-refractivity contribution >= 4 is 40.0 Å². The van der Waals surface area contributed by atoms with Crippen LogP contribution in [0, 0.1) is 3.57 Å². The number of nitrogens with one attached hydrogen (secondary N) is 2. The van der Waals surface area contributed by atoms with Gasteiger partial charge in [0.2, 0.25) is 0 Å². The van der Waals surface area contributed by atoms with Crippen LogP contribution in [-0.4, -0.2) is 17.4 Å². The van der Waals surface area contributed by atoms with Gasteiger partial charge in [-0.2, -0.15) is 0 Å². The summed E-state index contributed by atoms with van der Waals surface area (Å²) in [5.41, 5.74) is 2.35. The molecule has 1 heterocycles. The lowest BCUT2D eigenvalue weighted by Crippen LogP contribution is -2.14. The minimum Gasteiger partial charge on any atom is -0.370 e. The van der Waals surface area contributed by atoms with E-state index in [-0.39, 0.29) is 5.91 Å². The van der Waals surface area contributed by atoms with Crippen LogP contribution < -0.4 is 10.6 Å². The molecule has 2 aromatic rings. The maximum absolute atomic E-state index is 12.4. The van der Waals surface area contributed by atoms with Crippen LogP contribution in [-0.2, 0) is 6.42 Å². The van der Waals surface area contributed by atoms with Crippen molar-refractivity contribution in [3.05, 3.63) is 51.2 Å². The number of amides is 1. The topological polar surface area (TPSA) is 54.0 Å². The van der Waals surface area contributed by atoms with Gasteiger partial charge in [0, 0.05) is 21.4 Å². The van der Waals surface area contributed by atoms with Crippen LogP contribution >= 0.6 is 22.6 Å². The molecule has 0 aliphatic carbocycles. The van der Waals surface area contributed by atoms with E-state index in [2.05, 4.69) is 38.2 Å². The van der Waals surface area contributed by atoms with Gasteiger partial charge in [0.25, 0.3) is 5.91 Å². The molecule has 21 heavy (non-hydrogen) atoms. The van der Waals surface area contributed by atoms with Gasteiger partial charge in [-0.1, -0.05) is 19.1 Å². The summed E-state index contributed by atoms with van der Waals surface area (Å²) in [6, 6.07) is 11.3. The minimum absolute atomic E-state index is 0.115. The van der Waals surface area contributed by atoms with Crippen LogP contribution in [0.1, 0.15) is 29.9 Å². The van der Waals surface area contributed by atoms with E-state index in [1.54, 1.807) is 6.07 Å². The zero-order valence-electron chi connectivity index (χ0n) is 12.1. The van der Waals surface area contributed by atoms with Crippen LogP contribution in [0.3, 0.4) is 0 Å². The predicted octanol–water partition coefficient (Wildman–Crippen LogP) is 3.93. The molecule has 5 heteroatoms. The Hall–Kier alpha value is -1.63. The number of nitrogens with zero attached hydrogens (tertiary/aromatic N) is 1. The van der Waals surface area contributed by atoms with Crippen molar-refractivity contribution in [2.75, 3.05) is 17.2 Å². The highest BCUT2D eigenvalue weighted by Gasteiger charge is 2.11. The number of hydrogen-bond acceptors (Lipinski definition) is 3. The molecule has 2 N–H and O–H groups in total. The summed E-state index contributed by atoms with van der Waals surface area (Å²) in [7, 11) is 0. The molecule has 2 rings (SSSR count). The molecule has 0 spiro atoms. The number of carbonyl (C=O) groups is 1. The summed E-state index contributed by atoms with van der Waals surface area (Å²) in [5, 5.41) is 6.11. The maximum atomic E-state index is 12.4. The first-order valence-electron chi connectivity index (χ1n) is 6.94. The molecule has 0 atom stereocenters. The van der Waals surface area contributed by atoms with Crippen LogP contribution in [0.15, 0.2) is 36.4 Å². The van der Waals surface area contributed by atoms with Crippen LogP contribution in [0.2, 0.25) is 0 Å². The van der Waals surface area contributed by atoms with Crippen molar-refractivity contribution in [3.8, 4) is 0 Å². The molecule has 1 amide bonds. The molecule has 0 aliphatic heterocycles. The maximum Gasteiger partial charge on any atom is 0.255 e. The molecule has 110 valence electrons. The lowest BCUT2D eigenvalue weighted by Gasteiger charge is -2.10. The van der Waals surface area contributed by atoms with Gasteiger partial charge in [-0.3, -0.25) is 4.79 Å². The van der Waals surface area contributed by atoms with Gasteiger partial charge < -0.3 is 10.6 Å². The number of aromatic nitrogens is 1. The second-order valence-corrected chi connectivity index (χ2v) is 5.71. The SMILES string of the molecule is CCNc1cc(C(=O)Nc2ccccc2I)cc(CC)n1. The number of para-hydroxylation sites is 1. The average Bonchev–Trinajstić information content (AvgIpc) is 2.49. The summed E-state index contributed by atoms with van der Waals surface area (Å²) >= 11 is 2.21. The molecule has 0 saturated heterocycles. The second-order valence-electron chi connectivity index (χ2n) is 4.55. The third-order valence-electron chi connectivity index (χ3n) is 2.98. The molecular weight excluding hydrogens is 377 g/mol. The zero-order chi connectivity index (χ0) is 15.2. The molecule has 0 saturated carbocycles. The van der Waals surface area contributed by atoms with Crippen molar-refractivity contribution in [2.24, 2.45) is 0 Å². The normalized spacial score (nSPS) is 10.2. The first kappa shape index (κ1) is 15.8. The first-order chi connectivity index (χ1) is 10.1. The Bertz CT molecular complexity index is 643. The van der Waals surface area contributed by atoms with Gasteiger partial charge in [0.1, 0.15) is 5.82 Å². The fraction of sp³-hybridized carbons (Fsp3) is 0.250. The highest BCUT2D eigenvalue weighted by atomic mass is 127. The zero-order valence-corrected chi connectivity index (χ0v) is 14.3. The van der Waals surface area contributed by atoms with Gasteiger partial charge in [0.05, 0.1) is 5.69 Å². The van der Waals surface area contributed by atoms with Crippen molar-refractivity contribution in [1.82, 2.24) is 4.98 Å². The Morgan fingerprint density at radius 1 is 1.24 bits per heavy atom. The Labute approximate surface area is 138 Å². The molecule has 4 nitrogen and oxygen atoms in total. The van der Waals surface area contributed by atoms with Gasteiger partial charge >= 0.3 is 0 Å². The number of carbonyl (C=O) groups excluding carboxylic acids is 1. The van der Waals surface area contributed by atoms with Crippen molar-refractivity contribution in [2.45, 2.75) is 20.3 Å². The molecule has 0 unspecified atom stereocenters. The van der Waals surface area contributed by atoms with Crippen molar-refractivity contribution in [3.63, 3.8) is 0 Å². The molecule has 0 radical (unpaired) electrons. The summed E-state index contributed by atoms with van der Waals surface area (Å²) in [6.07, 6.45) is 0.794. The molecular formula is C16H18IN3O. The third kappa shape index (κ3) is 4.17. The number of pyridine rings is 1. The van der Waals surface area contributed by atoms with E-state index in [1.807, 2.05) is 44.2 Å². The number of aryl methyl sites for hydroxylation is 1. The highest BCUT2D eigenvalue weighted by molar-refractivity contribution is 14.1. The quantitative estimate of drug-likeness (QED) is 0.755. The van der Waals surface area contributed by atoms with Crippen LogP contribution in [0.5, 0.6) is 0 Å². The smallest absolute Gasteiger partial charge is 0.255 e. The van der Waals surface area contributed by atoms with Crippen LogP contribution in [0.25, 0.3) is 0 Å². The van der Waals surface area contributed by atoms with E-state index >= 15 is 0 Å². The summed E-state index contributed by atoms with van der Waals surface area (Å²) < 4.78 is 1.01. The molecule has 1 aromatic carbocycles. The Balaban J connectivity index is 2.26. The van der Waals surface area contributed by atoms with E-state index in [4.69, 9.17) is 0 Å². The lowest BCUT2D eigenvalue weighted by atomic mass is 10.1. The summed E-state index contributed by atoms with van der Waals surface area (Å²) in [6.45, 7) is 4.81.